The molecule has 0 spiro atoms. The Morgan fingerprint density at radius 1 is 1.20 bits per heavy atom. The minimum Gasteiger partial charge on any atom is -0.355 e. The number of hydrogen-bond acceptors (Lipinski definition) is 3. The molecule has 2 N–H and O–H groups in total. The average Bonchev–Trinajstić information content (AvgIpc) is 2.98. The maximum Gasteiger partial charge on any atom is 0.248 e. The summed E-state index contributed by atoms with van der Waals surface area (Å²) in [5.41, 5.74) is -0.580. The van der Waals surface area contributed by atoms with Gasteiger partial charge in [-0.05, 0) is 26.2 Å². The van der Waals surface area contributed by atoms with Crippen molar-refractivity contribution in [3.63, 3.8) is 0 Å². The standard InChI is InChI=1S/C18H31F2N3O2/c1-5-21-15(24)14-10-13(11-22-14)23(16(25)17(2,3)4)12-6-8-18(19,20)9-7-12/h12-14,22H,5-11H2,1-4H3,(H,21,24)/t13-,14-/m0/s1. The summed E-state index contributed by atoms with van der Waals surface area (Å²) >= 11 is 0. The van der Waals surface area contributed by atoms with Crippen molar-refractivity contribution < 1.29 is 18.4 Å². The number of carbonyl (C=O) groups is 2. The molecule has 2 rings (SSSR count). The van der Waals surface area contributed by atoms with E-state index in [4.69, 9.17) is 0 Å². The summed E-state index contributed by atoms with van der Waals surface area (Å²) in [7, 11) is 0. The molecule has 1 heterocycles. The molecule has 7 heteroatoms. The van der Waals surface area contributed by atoms with Gasteiger partial charge in [-0.15, -0.1) is 0 Å². The van der Waals surface area contributed by atoms with Gasteiger partial charge in [-0.2, -0.15) is 0 Å². The maximum absolute atomic E-state index is 13.5. The zero-order valence-corrected chi connectivity index (χ0v) is 15.7. The summed E-state index contributed by atoms with van der Waals surface area (Å²) in [6, 6.07) is -0.632. The van der Waals surface area contributed by atoms with Crippen molar-refractivity contribution in [1.82, 2.24) is 15.5 Å². The van der Waals surface area contributed by atoms with E-state index in [0.29, 0.717) is 32.4 Å². The summed E-state index contributed by atoms with van der Waals surface area (Å²) in [5.74, 6) is -2.71. The largest absolute Gasteiger partial charge is 0.355 e. The van der Waals surface area contributed by atoms with Crippen LogP contribution in [-0.2, 0) is 9.59 Å². The van der Waals surface area contributed by atoms with E-state index < -0.39 is 11.3 Å². The molecule has 2 atom stereocenters. The van der Waals surface area contributed by atoms with Gasteiger partial charge in [-0.1, -0.05) is 20.8 Å². The number of nitrogens with zero attached hydrogens (tertiary/aromatic N) is 1. The van der Waals surface area contributed by atoms with Gasteiger partial charge in [0.05, 0.1) is 6.04 Å². The van der Waals surface area contributed by atoms with E-state index in [9.17, 15) is 18.4 Å². The van der Waals surface area contributed by atoms with Gasteiger partial charge in [0.2, 0.25) is 17.7 Å². The van der Waals surface area contributed by atoms with Gasteiger partial charge in [-0.25, -0.2) is 8.78 Å². The highest BCUT2D eigenvalue weighted by Gasteiger charge is 2.44. The molecular weight excluding hydrogens is 328 g/mol. The zero-order chi connectivity index (χ0) is 18.8. The van der Waals surface area contributed by atoms with Crippen LogP contribution in [0.3, 0.4) is 0 Å². The van der Waals surface area contributed by atoms with Crippen molar-refractivity contribution in [2.75, 3.05) is 13.1 Å². The second kappa shape index (κ2) is 7.56. The first-order chi connectivity index (χ1) is 11.5. The molecule has 1 aliphatic heterocycles. The minimum atomic E-state index is -2.62. The lowest BCUT2D eigenvalue weighted by Gasteiger charge is -2.43. The molecule has 0 radical (unpaired) electrons. The molecule has 144 valence electrons. The fourth-order valence-corrected chi connectivity index (χ4v) is 3.75. The summed E-state index contributed by atoms with van der Waals surface area (Å²) in [6.07, 6.45) is 0.811. The van der Waals surface area contributed by atoms with Crippen molar-refractivity contribution in [3.8, 4) is 0 Å². The van der Waals surface area contributed by atoms with Crippen molar-refractivity contribution in [2.24, 2.45) is 5.41 Å². The molecule has 5 nitrogen and oxygen atoms in total. The van der Waals surface area contributed by atoms with Crippen LogP contribution in [0, 0.1) is 5.41 Å². The monoisotopic (exact) mass is 359 g/mol. The Morgan fingerprint density at radius 2 is 1.80 bits per heavy atom. The first-order valence-electron chi connectivity index (χ1n) is 9.27. The van der Waals surface area contributed by atoms with Gasteiger partial charge < -0.3 is 15.5 Å². The summed E-state index contributed by atoms with van der Waals surface area (Å²) in [4.78, 5) is 26.9. The third-order valence-corrected chi connectivity index (χ3v) is 5.12. The Labute approximate surface area is 148 Å². The quantitative estimate of drug-likeness (QED) is 0.810. The van der Waals surface area contributed by atoms with Crippen LogP contribution >= 0.6 is 0 Å². The van der Waals surface area contributed by atoms with Crippen molar-refractivity contribution in [2.45, 2.75) is 83.8 Å². The Hall–Kier alpha value is -1.24. The van der Waals surface area contributed by atoms with Crippen molar-refractivity contribution in [1.29, 1.82) is 0 Å². The molecule has 2 amide bonds. The lowest BCUT2D eigenvalue weighted by atomic mass is 9.86. The van der Waals surface area contributed by atoms with Crippen LogP contribution in [-0.4, -0.2) is 53.9 Å². The lowest BCUT2D eigenvalue weighted by Crippen LogP contribution is -2.53. The molecule has 1 saturated carbocycles. The lowest BCUT2D eigenvalue weighted by molar-refractivity contribution is -0.148. The Bertz CT molecular complexity index is 495. The average molecular weight is 359 g/mol. The molecule has 1 saturated heterocycles. The number of alkyl halides is 2. The highest BCUT2D eigenvalue weighted by Crippen LogP contribution is 2.37. The van der Waals surface area contributed by atoms with E-state index in [1.165, 1.54) is 0 Å². The van der Waals surface area contributed by atoms with Crippen LogP contribution in [0.25, 0.3) is 0 Å². The Kier molecular flexibility index (Phi) is 6.07. The van der Waals surface area contributed by atoms with E-state index in [-0.39, 0.29) is 42.8 Å². The molecule has 0 unspecified atom stereocenters. The predicted octanol–water partition coefficient (Wildman–Crippen LogP) is 2.31. The maximum atomic E-state index is 13.5. The number of likely N-dealkylation sites (N-methyl/N-ethyl adjacent to an activating group) is 1. The van der Waals surface area contributed by atoms with Crippen LogP contribution in [0.15, 0.2) is 0 Å². The number of nitrogens with one attached hydrogen (secondary N) is 2. The SMILES string of the molecule is CCNC(=O)[C@@H]1C[C@H](N(C(=O)C(C)(C)C)C2CCC(F)(F)CC2)CN1. The van der Waals surface area contributed by atoms with Crippen LogP contribution in [0.5, 0.6) is 0 Å². The first-order valence-corrected chi connectivity index (χ1v) is 9.27. The van der Waals surface area contributed by atoms with E-state index >= 15 is 0 Å². The Morgan fingerprint density at radius 3 is 2.32 bits per heavy atom. The first kappa shape index (κ1) is 20.1. The van der Waals surface area contributed by atoms with Gasteiger partial charge in [0, 0.05) is 43.4 Å². The molecular formula is C18H31F2N3O2. The van der Waals surface area contributed by atoms with Crippen LogP contribution in [0.1, 0.15) is 59.8 Å². The smallest absolute Gasteiger partial charge is 0.248 e. The van der Waals surface area contributed by atoms with E-state index in [0.717, 1.165) is 0 Å². The molecule has 0 aromatic carbocycles. The summed E-state index contributed by atoms with van der Waals surface area (Å²) in [6.45, 7) is 8.50. The van der Waals surface area contributed by atoms with Gasteiger partial charge >= 0.3 is 0 Å². The number of halogens is 2. The number of rotatable bonds is 4. The van der Waals surface area contributed by atoms with Gasteiger partial charge in [0.25, 0.3) is 0 Å². The second-order valence-corrected chi connectivity index (χ2v) is 8.29. The van der Waals surface area contributed by atoms with E-state index in [1.807, 2.05) is 32.6 Å². The third-order valence-electron chi connectivity index (χ3n) is 5.12. The number of carbonyl (C=O) groups excluding carboxylic acids is 2. The van der Waals surface area contributed by atoms with Crippen LogP contribution < -0.4 is 10.6 Å². The minimum absolute atomic E-state index is 0.0222. The molecule has 1 aliphatic carbocycles. The molecule has 0 bridgehead atoms. The molecule has 25 heavy (non-hydrogen) atoms. The van der Waals surface area contributed by atoms with Crippen LogP contribution in [0.4, 0.5) is 8.78 Å². The van der Waals surface area contributed by atoms with E-state index in [2.05, 4.69) is 10.6 Å². The number of amides is 2. The zero-order valence-electron chi connectivity index (χ0n) is 15.7. The van der Waals surface area contributed by atoms with Crippen molar-refractivity contribution in [3.05, 3.63) is 0 Å². The fraction of sp³-hybridized carbons (Fsp3) is 0.889. The summed E-state index contributed by atoms with van der Waals surface area (Å²) < 4.78 is 27.1. The highest BCUT2D eigenvalue weighted by atomic mass is 19.3. The van der Waals surface area contributed by atoms with E-state index in [1.54, 1.807) is 0 Å². The van der Waals surface area contributed by atoms with Gasteiger partial charge in [0.1, 0.15) is 0 Å². The third kappa shape index (κ3) is 4.90. The summed E-state index contributed by atoms with van der Waals surface area (Å²) in [5, 5.41) is 5.97. The van der Waals surface area contributed by atoms with Gasteiger partial charge in [0.15, 0.2) is 0 Å². The molecule has 0 aromatic heterocycles. The molecule has 2 fully saturated rings. The van der Waals surface area contributed by atoms with Gasteiger partial charge in [-0.3, -0.25) is 9.59 Å². The second-order valence-electron chi connectivity index (χ2n) is 8.29. The topological polar surface area (TPSA) is 61.4 Å². The normalized spacial score (nSPS) is 27.1. The highest BCUT2D eigenvalue weighted by molar-refractivity contribution is 5.84. The van der Waals surface area contributed by atoms with Crippen LogP contribution in [0.2, 0.25) is 0 Å². The predicted molar refractivity (Wildman–Crippen MR) is 92.4 cm³/mol. The Balaban J connectivity index is 2.13. The number of hydrogen-bond donors (Lipinski definition) is 2. The molecule has 0 aromatic rings. The molecule has 2 aliphatic rings. The van der Waals surface area contributed by atoms with Crippen molar-refractivity contribution >= 4 is 11.8 Å². The fourth-order valence-electron chi connectivity index (χ4n) is 3.75.